The van der Waals surface area contributed by atoms with E-state index in [1.165, 1.54) is 6.07 Å². The molecule has 0 bridgehead atoms. The number of methoxy groups -OCH3 is 1. The van der Waals surface area contributed by atoms with E-state index < -0.39 is 15.8 Å². The van der Waals surface area contributed by atoms with Crippen molar-refractivity contribution < 1.29 is 17.5 Å². The van der Waals surface area contributed by atoms with Gasteiger partial charge in [0.15, 0.2) is 0 Å². The second kappa shape index (κ2) is 11.8. The highest BCUT2D eigenvalue weighted by atomic mass is 32.2. The van der Waals surface area contributed by atoms with E-state index in [1.807, 2.05) is 51.1 Å². The molecule has 2 aromatic carbocycles. The van der Waals surface area contributed by atoms with Gasteiger partial charge in [-0.1, -0.05) is 45.1 Å². The van der Waals surface area contributed by atoms with Crippen LogP contribution in [0.5, 0.6) is 5.75 Å². The van der Waals surface area contributed by atoms with E-state index >= 15 is 0 Å². The predicted molar refractivity (Wildman–Crippen MR) is 156 cm³/mol. The van der Waals surface area contributed by atoms with Gasteiger partial charge in [-0.2, -0.15) is 0 Å². The topological polar surface area (TPSA) is 91.5 Å². The van der Waals surface area contributed by atoms with Crippen molar-refractivity contribution in [3.63, 3.8) is 0 Å². The number of ether oxygens (including phenoxy) is 1. The maximum absolute atomic E-state index is 14.0. The number of hydrogen-bond donors (Lipinski definition) is 2. The molecule has 4 rings (SSSR count). The van der Waals surface area contributed by atoms with Gasteiger partial charge in [0.1, 0.15) is 11.6 Å². The summed E-state index contributed by atoms with van der Waals surface area (Å²) in [5.74, 6) is 0.203. The number of aromatic amines is 1. The van der Waals surface area contributed by atoms with Crippen molar-refractivity contribution in [1.82, 2.24) is 9.88 Å². The molecule has 7 nitrogen and oxygen atoms in total. The Hall–Kier alpha value is -3.43. The van der Waals surface area contributed by atoms with Crippen molar-refractivity contribution >= 4 is 27.9 Å². The molecular formula is C30H36FN3O4S. The number of anilines is 1. The van der Waals surface area contributed by atoms with E-state index in [-0.39, 0.29) is 22.3 Å². The number of nitrogens with one attached hydrogen (secondary N) is 2. The minimum atomic E-state index is -3.44. The summed E-state index contributed by atoms with van der Waals surface area (Å²) in [4.78, 5) is 17.1. The van der Waals surface area contributed by atoms with Gasteiger partial charge in [-0.15, -0.1) is 0 Å². The number of halogens is 1. The van der Waals surface area contributed by atoms with E-state index in [0.29, 0.717) is 23.5 Å². The summed E-state index contributed by atoms with van der Waals surface area (Å²) < 4.78 is 47.4. The minimum absolute atomic E-state index is 0.0645. The largest absolute Gasteiger partial charge is 0.496 e. The zero-order valence-corrected chi connectivity index (χ0v) is 23.7. The van der Waals surface area contributed by atoms with Gasteiger partial charge < -0.3 is 14.6 Å². The quantitative estimate of drug-likeness (QED) is 0.342. The van der Waals surface area contributed by atoms with Crippen molar-refractivity contribution in [3.05, 3.63) is 81.5 Å². The van der Waals surface area contributed by atoms with Crippen LogP contribution in [0.15, 0.2) is 53.5 Å². The fraction of sp³-hybridized carbons (Fsp3) is 0.367. The molecule has 0 spiro atoms. The van der Waals surface area contributed by atoms with Gasteiger partial charge in [-0.25, -0.2) is 12.8 Å². The second-order valence-corrected chi connectivity index (χ2v) is 12.7. The SMILES string of the molecule is COc1c(C=Cc2ccc(NS(=O)(=O)CCN3CCCC3)cc2)cc(-c2cc(F)c[nH]c2=O)cc1C(C)(C)C. The van der Waals surface area contributed by atoms with Gasteiger partial charge in [-0.3, -0.25) is 9.52 Å². The second-order valence-electron chi connectivity index (χ2n) is 10.9. The van der Waals surface area contributed by atoms with Crippen LogP contribution in [0.1, 0.15) is 50.3 Å². The Kier molecular flexibility index (Phi) is 8.61. The molecule has 0 atom stereocenters. The molecule has 3 aromatic rings. The van der Waals surface area contributed by atoms with Crippen LogP contribution >= 0.6 is 0 Å². The normalized spacial score (nSPS) is 14.7. The fourth-order valence-electron chi connectivity index (χ4n) is 4.72. The zero-order chi connectivity index (χ0) is 28.2. The van der Waals surface area contributed by atoms with Crippen molar-refractivity contribution in [2.75, 3.05) is 37.2 Å². The van der Waals surface area contributed by atoms with E-state index in [9.17, 15) is 17.6 Å². The number of nitrogens with zero attached hydrogens (tertiary/aromatic N) is 1. The molecule has 2 N–H and O–H groups in total. The van der Waals surface area contributed by atoms with Crippen molar-refractivity contribution in [2.45, 2.75) is 39.0 Å². The van der Waals surface area contributed by atoms with Gasteiger partial charge in [0.25, 0.3) is 5.56 Å². The summed E-state index contributed by atoms with van der Waals surface area (Å²) in [5.41, 5.74) is 3.10. The predicted octanol–water partition coefficient (Wildman–Crippen LogP) is 5.50. The highest BCUT2D eigenvalue weighted by Crippen LogP contribution is 2.38. The first-order valence-corrected chi connectivity index (χ1v) is 14.7. The Morgan fingerprint density at radius 3 is 2.41 bits per heavy atom. The molecule has 39 heavy (non-hydrogen) atoms. The first-order valence-electron chi connectivity index (χ1n) is 13.1. The third-order valence-electron chi connectivity index (χ3n) is 6.82. The molecular weight excluding hydrogens is 517 g/mol. The average molecular weight is 554 g/mol. The highest BCUT2D eigenvalue weighted by molar-refractivity contribution is 7.92. The molecule has 0 unspecified atom stereocenters. The molecule has 9 heteroatoms. The van der Waals surface area contributed by atoms with Crippen LogP contribution in [0.3, 0.4) is 0 Å². The molecule has 0 aliphatic carbocycles. The number of hydrogen-bond acceptors (Lipinski definition) is 5. The van der Waals surface area contributed by atoms with Gasteiger partial charge >= 0.3 is 0 Å². The summed E-state index contributed by atoms with van der Waals surface area (Å²) in [6.07, 6.45) is 7.05. The molecule has 1 aromatic heterocycles. The van der Waals surface area contributed by atoms with Crippen molar-refractivity contribution in [1.29, 1.82) is 0 Å². The lowest BCUT2D eigenvalue weighted by atomic mass is 9.83. The Morgan fingerprint density at radius 2 is 1.77 bits per heavy atom. The lowest BCUT2D eigenvalue weighted by Crippen LogP contribution is -2.29. The van der Waals surface area contributed by atoms with Crippen LogP contribution in [-0.4, -0.2) is 50.8 Å². The van der Waals surface area contributed by atoms with E-state index in [1.54, 1.807) is 25.3 Å². The van der Waals surface area contributed by atoms with Crippen LogP contribution in [0.25, 0.3) is 23.3 Å². The van der Waals surface area contributed by atoms with Crippen molar-refractivity contribution in [2.24, 2.45) is 0 Å². The standard InChI is InChI=1S/C30H36FN3O4S/c1-30(2,3)27-18-23(26-19-24(31)20-32-29(26)35)17-22(28(27)38-4)10-7-21-8-11-25(12-9-21)33-39(36,37)16-15-34-13-5-6-14-34/h7-12,17-20,33H,5-6,13-16H2,1-4H3,(H,32,35). The monoisotopic (exact) mass is 553 g/mol. The Bertz CT molecular complexity index is 1500. The maximum Gasteiger partial charge on any atom is 0.256 e. The Labute approximate surface area is 229 Å². The number of pyridine rings is 1. The maximum atomic E-state index is 14.0. The molecule has 0 saturated carbocycles. The van der Waals surface area contributed by atoms with E-state index in [4.69, 9.17) is 4.74 Å². The molecule has 1 fully saturated rings. The summed E-state index contributed by atoms with van der Waals surface area (Å²) >= 11 is 0. The number of aromatic nitrogens is 1. The number of sulfonamides is 1. The van der Waals surface area contributed by atoms with Crippen molar-refractivity contribution in [3.8, 4) is 16.9 Å². The van der Waals surface area contributed by atoms with Gasteiger partial charge in [-0.05, 0) is 72.8 Å². The minimum Gasteiger partial charge on any atom is -0.496 e. The lowest BCUT2D eigenvalue weighted by Gasteiger charge is -2.24. The zero-order valence-electron chi connectivity index (χ0n) is 22.9. The van der Waals surface area contributed by atoms with Gasteiger partial charge in [0.2, 0.25) is 10.0 Å². The highest BCUT2D eigenvalue weighted by Gasteiger charge is 2.23. The van der Waals surface area contributed by atoms with E-state index in [2.05, 4.69) is 14.6 Å². The Balaban J connectivity index is 1.59. The van der Waals surface area contributed by atoms with E-state index in [0.717, 1.165) is 48.8 Å². The van der Waals surface area contributed by atoms with Gasteiger partial charge in [0, 0.05) is 35.1 Å². The molecule has 1 aliphatic rings. The molecule has 208 valence electrons. The average Bonchev–Trinajstić information content (AvgIpc) is 3.41. The molecule has 0 amide bonds. The van der Waals surface area contributed by atoms with Crippen LogP contribution < -0.4 is 15.0 Å². The van der Waals surface area contributed by atoms with Crippen LogP contribution in [-0.2, 0) is 15.4 Å². The number of rotatable bonds is 9. The molecule has 1 saturated heterocycles. The molecule has 2 heterocycles. The van der Waals surface area contributed by atoms with Crippen LogP contribution in [0.4, 0.5) is 10.1 Å². The first kappa shape index (κ1) is 28.6. The molecule has 1 aliphatic heterocycles. The summed E-state index contributed by atoms with van der Waals surface area (Å²) in [6, 6.07) is 12.0. The lowest BCUT2D eigenvalue weighted by molar-refractivity contribution is 0.359. The third-order valence-corrected chi connectivity index (χ3v) is 8.09. The Morgan fingerprint density at radius 1 is 1.08 bits per heavy atom. The smallest absolute Gasteiger partial charge is 0.256 e. The summed E-state index contributed by atoms with van der Waals surface area (Å²) in [6.45, 7) is 8.59. The van der Waals surface area contributed by atoms with Gasteiger partial charge in [0.05, 0.1) is 12.9 Å². The molecule has 0 radical (unpaired) electrons. The number of H-pyrrole nitrogens is 1. The fourth-order valence-corrected chi connectivity index (χ4v) is 5.82. The number of likely N-dealkylation sites (tertiary alicyclic amines) is 1. The third kappa shape index (κ3) is 7.36. The summed E-state index contributed by atoms with van der Waals surface area (Å²) in [5, 5.41) is 0. The first-order chi connectivity index (χ1) is 18.4. The number of benzene rings is 2. The van der Waals surface area contributed by atoms with Crippen LogP contribution in [0.2, 0.25) is 0 Å². The van der Waals surface area contributed by atoms with Crippen LogP contribution in [0, 0.1) is 5.82 Å². The summed E-state index contributed by atoms with van der Waals surface area (Å²) in [7, 11) is -1.84.